The van der Waals surface area contributed by atoms with Crippen molar-refractivity contribution in [3.8, 4) is 0 Å². The van der Waals surface area contributed by atoms with E-state index in [0.717, 1.165) is 16.8 Å². The molecule has 4 rings (SSSR count). The molecule has 0 saturated carbocycles. The van der Waals surface area contributed by atoms with Crippen molar-refractivity contribution in [3.63, 3.8) is 0 Å². The average Bonchev–Trinajstić information content (AvgIpc) is 3.32. The lowest BCUT2D eigenvalue weighted by molar-refractivity contribution is -0.114. The van der Waals surface area contributed by atoms with Crippen LogP contribution in [0.15, 0.2) is 48.5 Å². The number of aryl methyl sites for hydroxylation is 1. The zero-order chi connectivity index (χ0) is 26.0. The number of hydrogen-bond acceptors (Lipinski definition) is 3. The highest BCUT2D eigenvalue weighted by molar-refractivity contribution is 6.35. The molecule has 0 aliphatic carbocycles. The Morgan fingerprint density at radius 1 is 1.08 bits per heavy atom. The van der Waals surface area contributed by atoms with Gasteiger partial charge in [-0.15, -0.1) is 11.6 Å². The van der Waals surface area contributed by atoms with E-state index in [1.54, 1.807) is 24.3 Å². The minimum absolute atomic E-state index is 0.145. The second-order valence-electron chi connectivity index (χ2n) is 9.22. The first-order chi connectivity index (χ1) is 17.2. The molecule has 0 saturated heterocycles. The minimum atomic E-state index is -0.309. The van der Waals surface area contributed by atoms with Crippen molar-refractivity contribution in [3.05, 3.63) is 82.2 Å². The maximum absolute atomic E-state index is 13.2. The molecule has 1 aliphatic heterocycles. The van der Waals surface area contributed by atoms with E-state index in [9.17, 15) is 14.4 Å². The summed E-state index contributed by atoms with van der Waals surface area (Å²) < 4.78 is 0. The third kappa shape index (κ3) is 5.06. The SMILES string of the molecule is Cc1[nH]c(C=C2C(=O)Nc3ccc(C(=O)NC(c4ccccc4)C(C)C)cc32)c(C)c1NC(=O)CCl. The number of amides is 3. The molecule has 2 aromatic carbocycles. The van der Waals surface area contributed by atoms with E-state index >= 15 is 0 Å². The third-order valence-corrected chi connectivity index (χ3v) is 6.57. The zero-order valence-corrected chi connectivity index (χ0v) is 21.4. The van der Waals surface area contributed by atoms with Crippen LogP contribution >= 0.6 is 11.6 Å². The van der Waals surface area contributed by atoms with E-state index in [1.165, 1.54) is 0 Å². The van der Waals surface area contributed by atoms with Gasteiger partial charge in [-0.3, -0.25) is 14.4 Å². The number of H-pyrrole nitrogens is 1. The summed E-state index contributed by atoms with van der Waals surface area (Å²) in [6.07, 6.45) is 1.74. The summed E-state index contributed by atoms with van der Waals surface area (Å²) in [5, 5.41) is 8.78. The average molecular weight is 505 g/mol. The normalized spacial score (nSPS) is 14.5. The van der Waals surface area contributed by atoms with Gasteiger partial charge in [-0.05, 0) is 55.2 Å². The molecule has 1 unspecified atom stereocenters. The number of aromatic nitrogens is 1. The largest absolute Gasteiger partial charge is 0.357 e. The van der Waals surface area contributed by atoms with E-state index in [4.69, 9.17) is 11.6 Å². The van der Waals surface area contributed by atoms with Crippen LogP contribution in [0.25, 0.3) is 11.6 Å². The number of fused-ring (bicyclic) bond motifs is 1. The summed E-state index contributed by atoms with van der Waals surface area (Å²) in [4.78, 5) is 41.0. The number of nitrogens with one attached hydrogen (secondary N) is 4. The maximum Gasteiger partial charge on any atom is 0.256 e. The monoisotopic (exact) mass is 504 g/mol. The fourth-order valence-electron chi connectivity index (χ4n) is 4.42. The number of aromatic amines is 1. The quantitative estimate of drug-likeness (QED) is 0.255. The Morgan fingerprint density at radius 3 is 2.47 bits per heavy atom. The molecule has 0 spiro atoms. The summed E-state index contributed by atoms with van der Waals surface area (Å²) in [7, 11) is 0. The standard InChI is InChI=1S/C28H29ClN4O3/c1-15(2)25(18-8-6-5-7-9-18)33-27(35)19-10-11-22-20(12-19)21(28(36)31-22)13-23-16(3)26(17(4)30-23)32-24(34)14-29/h5-13,15,25,30H,14H2,1-4H3,(H,31,36)(H,32,34)(H,33,35). The topological polar surface area (TPSA) is 103 Å². The Balaban J connectivity index is 1.65. The number of carbonyl (C=O) groups excluding carboxylic acids is 3. The van der Waals surface area contributed by atoms with E-state index in [-0.39, 0.29) is 35.6 Å². The Labute approximate surface area is 215 Å². The molecule has 3 amide bonds. The third-order valence-electron chi connectivity index (χ3n) is 6.33. The van der Waals surface area contributed by atoms with Gasteiger partial charge in [0.2, 0.25) is 5.91 Å². The van der Waals surface area contributed by atoms with Crippen LogP contribution in [0.2, 0.25) is 0 Å². The molecule has 4 N–H and O–H groups in total. The van der Waals surface area contributed by atoms with Crippen molar-refractivity contribution < 1.29 is 14.4 Å². The fraction of sp³-hybridized carbons (Fsp3) is 0.250. The molecule has 0 fully saturated rings. The smallest absolute Gasteiger partial charge is 0.256 e. The molecule has 36 heavy (non-hydrogen) atoms. The highest BCUT2D eigenvalue weighted by Gasteiger charge is 2.27. The summed E-state index contributed by atoms with van der Waals surface area (Å²) in [5.41, 5.74) is 6.09. The molecule has 7 nitrogen and oxygen atoms in total. The first kappa shape index (κ1) is 25.3. The van der Waals surface area contributed by atoms with E-state index in [0.29, 0.717) is 33.8 Å². The number of carbonyl (C=O) groups is 3. The fourth-order valence-corrected chi connectivity index (χ4v) is 4.48. The Kier molecular flexibility index (Phi) is 7.31. The van der Waals surface area contributed by atoms with E-state index in [1.807, 2.05) is 44.2 Å². The van der Waals surface area contributed by atoms with Crippen LogP contribution in [-0.2, 0) is 9.59 Å². The number of anilines is 2. The van der Waals surface area contributed by atoms with Crippen molar-refractivity contribution in [2.24, 2.45) is 5.92 Å². The van der Waals surface area contributed by atoms with Gasteiger partial charge in [-0.2, -0.15) is 0 Å². The van der Waals surface area contributed by atoms with Crippen molar-refractivity contribution in [1.29, 1.82) is 0 Å². The van der Waals surface area contributed by atoms with Gasteiger partial charge < -0.3 is 20.9 Å². The first-order valence-electron chi connectivity index (χ1n) is 11.8. The number of hydrogen-bond donors (Lipinski definition) is 4. The molecule has 1 aliphatic rings. The molecule has 186 valence electrons. The summed E-state index contributed by atoms with van der Waals surface area (Å²) in [6, 6.07) is 14.9. The summed E-state index contributed by atoms with van der Waals surface area (Å²) in [5.74, 6) is -0.738. The van der Waals surface area contributed by atoms with Crippen LogP contribution in [0.1, 0.15) is 58.3 Å². The molecular weight excluding hydrogens is 476 g/mol. The molecule has 8 heteroatoms. The molecule has 1 atom stereocenters. The second kappa shape index (κ2) is 10.4. The number of alkyl halides is 1. The van der Waals surface area contributed by atoms with Crippen molar-refractivity contribution in [2.45, 2.75) is 33.7 Å². The van der Waals surface area contributed by atoms with Gasteiger partial charge in [0.1, 0.15) is 5.88 Å². The number of halogens is 1. The van der Waals surface area contributed by atoms with E-state index < -0.39 is 0 Å². The highest BCUT2D eigenvalue weighted by Crippen LogP contribution is 2.35. The second-order valence-corrected chi connectivity index (χ2v) is 9.49. The predicted molar refractivity (Wildman–Crippen MR) is 144 cm³/mol. The van der Waals surface area contributed by atoms with Gasteiger partial charge in [0, 0.05) is 28.2 Å². The predicted octanol–water partition coefficient (Wildman–Crippen LogP) is 5.43. The maximum atomic E-state index is 13.2. The lowest BCUT2D eigenvalue weighted by Gasteiger charge is -2.23. The Morgan fingerprint density at radius 2 is 1.81 bits per heavy atom. The van der Waals surface area contributed by atoms with Gasteiger partial charge in [0.05, 0.1) is 17.3 Å². The lowest BCUT2D eigenvalue weighted by Crippen LogP contribution is -2.31. The molecule has 1 aromatic heterocycles. The highest BCUT2D eigenvalue weighted by atomic mass is 35.5. The number of benzene rings is 2. The van der Waals surface area contributed by atoms with E-state index in [2.05, 4.69) is 34.8 Å². The lowest BCUT2D eigenvalue weighted by atomic mass is 9.95. The van der Waals surface area contributed by atoms with Gasteiger partial charge >= 0.3 is 0 Å². The van der Waals surface area contributed by atoms with Crippen molar-refractivity contribution >= 4 is 52.3 Å². The Bertz CT molecular complexity index is 1360. The van der Waals surface area contributed by atoms with Gasteiger partial charge in [0.15, 0.2) is 0 Å². The van der Waals surface area contributed by atoms with Crippen LogP contribution in [0.3, 0.4) is 0 Å². The van der Waals surface area contributed by atoms with Gasteiger partial charge in [-0.1, -0.05) is 44.2 Å². The minimum Gasteiger partial charge on any atom is -0.357 e. The summed E-state index contributed by atoms with van der Waals surface area (Å²) in [6.45, 7) is 7.82. The molecule has 2 heterocycles. The van der Waals surface area contributed by atoms with Gasteiger partial charge in [0.25, 0.3) is 11.8 Å². The molecule has 0 radical (unpaired) electrons. The number of rotatable bonds is 7. The van der Waals surface area contributed by atoms with Gasteiger partial charge in [-0.25, -0.2) is 0 Å². The van der Waals surface area contributed by atoms with Crippen molar-refractivity contribution in [1.82, 2.24) is 10.3 Å². The molecular formula is C28H29ClN4O3. The molecule has 0 bridgehead atoms. The van der Waals surface area contributed by atoms with Crippen molar-refractivity contribution in [2.75, 3.05) is 16.5 Å². The molecule has 3 aromatic rings. The van der Waals surface area contributed by atoms with Crippen LogP contribution in [-0.4, -0.2) is 28.6 Å². The van der Waals surface area contributed by atoms with Crippen LogP contribution < -0.4 is 16.0 Å². The van der Waals surface area contributed by atoms with Crippen LogP contribution in [0.5, 0.6) is 0 Å². The summed E-state index contributed by atoms with van der Waals surface area (Å²) >= 11 is 5.63. The first-order valence-corrected chi connectivity index (χ1v) is 12.3. The Hall–Kier alpha value is -3.84. The van der Waals surface area contributed by atoms with Crippen LogP contribution in [0, 0.1) is 19.8 Å². The zero-order valence-electron chi connectivity index (χ0n) is 20.7. The van der Waals surface area contributed by atoms with Crippen LogP contribution in [0.4, 0.5) is 11.4 Å².